The van der Waals surface area contributed by atoms with Gasteiger partial charge in [-0.25, -0.2) is 0 Å². The van der Waals surface area contributed by atoms with Gasteiger partial charge in [-0.3, -0.25) is 9.59 Å². The molecular formula is C18H16O5. The van der Waals surface area contributed by atoms with Gasteiger partial charge in [0.05, 0.1) is 18.2 Å². The number of benzene rings is 2. The molecule has 0 aromatic heterocycles. The van der Waals surface area contributed by atoms with Crippen LogP contribution in [0.4, 0.5) is 0 Å². The monoisotopic (exact) mass is 312 g/mol. The highest BCUT2D eigenvalue weighted by molar-refractivity contribution is 6.30. The summed E-state index contributed by atoms with van der Waals surface area (Å²) in [5.41, 5.74) is 0.899. The Morgan fingerprint density at radius 2 is 1.52 bits per heavy atom. The molecule has 2 N–H and O–H groups in total. The Labute approximate surface area is 133 Å². The lowest BCUT2D eigenvalue weighted by atomic mass is 9.82. The maximum Gasteiger partial charge on any atom is 0.201 e. The van der Waals surface area contributed by atoms with E-state index < -0.39 is 11.6 Å². The molecule has 1 aliphatic rings. The number of ether oxygens (including phenoxy) is 1. The molecule has 2 aromatic carbocycles. The predicted molar refractivity (Wildman–Crippen MR) is 83.6 cm³/mol. The third-order valence-corrected chi connectivity index (χ3v) is 3.99. The number of aryl methyl sites for hydroxylation is 1. The van der Waals surface area contributed by atoms with Crippen LogP contribution in [0.25, 0.3) is 0 Å². The van der Waals surface area contributed by atoms with E-state index in [-0.39, 0.29) is 33.8 Å². The van der Waals surface area contributed by atoms with E-state index in [2.05, 4.69) is 0 Å². The van der Waals surface area contributed by atoms with E-state index in [1.807, 2.05) is 6.92 Å². The smallest absolute Gasteiger partial charge is 0.201 e. The highest BCUT2D eigenvalue weighted by Crippen LogP contribution is 2.39. The van der Waals surface area contributed by atoms with Gasteiger partial charge < -0.3 is 14.9 Å². The predicted octanol–water partition coefficient (Wildman–Crippen LogP) is 2.83. The van der Waals surface area contributed by atoms with Crippen LogP contribution in [0.15, 0.2) is 24.3 Å². The molecule has 23 heavy (non-hydrogen) atoms. The molecule has 0 spiro atoms. The Kier molecular flexibility index (Phi) is 3.56. The Morgan fingerprint density at radius 1 is 0.913 bits per heavy atom. The van der Waals surface area contributed by atoms with Crippen LogP contribution in [-0.2, 0) is 6.42 Å². The minimum Gasteiger partial charge on any atom is -0.507 e. The maximum atomic E-state index is 12.8. The number of hydrogen-bond acceptors (Lipinski definition) is 5. The minimum absolute atomic E-state index is 0.0529. The molecule has 0 saturated carbocycles. The van der Waals surface area contributed by atoms with Crippen LogP contribution in [-0.4, -0.2) is 28.9 Å². The second-order valence-electron chi connectivity index (χ2n) is 5.51. The molecular weight excluding hydrogens is 296 g/mol. The number of aromatic hydroxyl groups is 2. The third-order valence-electron chi connectivity index (χ3n) is 3.99. The molecule has 0 heterocycles. The molecule has 0 bridgehead atoms. The molecule has 0 saturated heterocycles. The lowest BCUT2D eigenvalue weighted by Gasteiger charge is -2.20. The standard InChI is InChI=1S/C18H16O5/c1-3-4-9-5-11-15(13(19)6-9)18(22)16-12(17(11)21)7-10(23-2)8-14(16)20/h5-8,19-20H,3-4H2,1-2H3. The van der Waals surface area contributed by atoms with E-state index in [1.54, 1.807) is 6.07 Å². The second-order valence-corrected chi connectivity index (χ2v) is 5.51. The molecule has 0 fully saturated rings. The van der Waals surface area contributed by atoms with E-state index in [1.165, 1.54) is 25.3 Å². The first-order chi connectivity index (χ1) is 11.0. The van der Waals surface area contributed by atoms with Crippen molar-refractivity contribution in [2.75, 3.05) is 7.11 Å². The van der Waals surface area contributed by atoms with E-state index in [9.17, 15) is 19.8 Å². The van der Waals surface area contributed by atoms with Crippen molar-refractivity contribution in [2.45, 2.75) is 19.8 Å². The fourth-order valence-corrected chi connectivity index (χ4v) is 2.94. The third kappa shape index (κ3) is 2.25. The van der Waals surface area contributed by atoms with Crippen LogP contribution in [0.1, 0.15) is 50.8 Å². The number of ketones is 2. The van der Waals surface area contributed by atoms with E-state index in [0.717, 1.165) is 12.0 Å². The van der Waals surface area contributed by atoms with Crippen LogP contribution in [0.5, 0.6) is 17.2 Å². The molecule has 5 nitrogen and oxygen atoms in total. The SMILES string of the molecule is CCCc1cc(O)c2c(c1)C(=O)c1cc(OC)cc(O)c1C2=O. The van der Waals surface area contributed by atoms with Crippen LogP contribution in [0.3, 0.4) is 0 Å². The summed E-state index contributed by atoms with van der Waals surface area (Å²) >= 11 is 0. The summed E-state index contributed by atoms with van der Waals surface area (Å²) in [5, 5.41) is 20.3. The Balaban J connectivity index is 2.27. The Hall–Kier alpha value is -2.82. The van der Waals surface area contributed by atoms with Gasteiger partial charge in [0.1, 0.15) is 17.2 Å². The first-order valence-electron chi connectivity index (χ1n) is 7.34. The topological polar surface area (TPSA) is 83.8 Å². The van der Waals surface area contributed by atoms with Crippen molar-refractivity contribution in [3.63, 3.8) is 0 Å². The van der Waals surface area contributed by atoms with Crippen LogP contribution < -0.4 is 4.74 Å². The molecule has 3 rings (SSSR count). The number of phenolic OH excluding ortho intramolecular Hbond substituents is 2. The molecule has 5 heteroatoms. The average Bonchev–Trinajstić information content (AvgIpc) is 2.51. The van der Waals surface area contributed by atoms with E-state index >= 15 is 0 Å². The van der Waals surface area contributed by atoms with Gasteiger partial charge in [0, 0.05) is 17.2 Å². The Bertz CT molecular complexity index is 836. The number of rotatable bonds is 3. The fraction of sp³-hybridized carbons (Fsp3) is 0.222. The van der Waals surface area contributed by atoms with Crippen molar-refractivity contribution in [3.8, 4) is 17.2 Å². The first-order valence-corrected chi connectivity index (χ1v) is 7.34. The van der Waals surface area contributed by atoms with Crippen molar-refractivity contribution < 1.29 is 24.5 Å². The van der Waals surface area contributed by atoms with Gasteiger partial charge in [-0.2, -0.15) is 0 Å². The van der Waals surface area contributed by atoms with Gasteiger partial charge in [-0.05, 0) is 30.2 Å². The van der Waals surface area contributed by atoms with Crippen LogP contribution in [0, 0.1) is 0 Å². The number of methoxy groups -OCH3 is 1. The van der Waals surface area contributed by atoms with Gasteiger partial charge in [0.15, 0.2) is 5.78 Å². The summed E-state index contributed by atoms with van der Waals surface area (Å²) in [5.74, 6) is -1.24. The number of fused-ring (bicyclic) bond motifs is 2. The zero-order valence-corrected chi connectivity index (χ0v) is 12.8. The van der Waals surface area contributed by atoms with E-state index in [0.29, 0.717) is 12.2 Å². The van der Waals surface area contributed by atoms with Gasteiger partial charge in [0.25, 0.3) is 0 Å². The van der Waals surface area contributed by atoms with E-state index in [4.69, 9.17) is 4.74 Å². The highest BCUT2D eigenvalue weighted by atomic mass is 16.5. The summed E-state index contributed by atoms with van der Waals surface area (Å²) in [6.07, 6.45) is 1.55. The van der Waals surface area contributed by atoms with Gasteiger partial charge in [-0.15, -0.1) is 0 Å². The second kappa shape index (κ2) is 5.43. The molecule has 0 radical (unpaired) electrons. The lowest BCUT2D eigenvalue weighted by molar-refractivity contribution is 0.0974. The normalized spacial score (nSPS) is 12.8. The lowest BCUT2D eigenvalue weighted by Crippen LogP contribution is -2.21. The number of phenols is 2. The first kappa shape index (κ1) is 15.1. The van der Waals surface area contributed by atoms with Crippen molar-refractivity contribution in [1.29, 1.82) is 0 Å². The summed E-state index contributed by atoms with van der Waals surface area (Å²) in [4.78, 5) is 25.4. The molecule has 2 aromatic rings. The summed E-state index contributed by atoms with van der Waals surface area (Å²) in [6.45, 7) is 1.99. The number of carbonyl (C=O) groups is 2. The zero-order valence-electron chi connectivity index (χ0n) is 12.8. The summed E-state index contributed by atoms with van der Waals surface area (Å²) in [7, 11) is 1.41. The van der Waals surface area contributed by atoms with Crippen molar-refractivity contribution >= 4 is 11.6 Å². The summed E-state index contributed by atoms with van der Waals surface area (Å²) < 4.78 is 5.05. The van der Waals surface area contributed by atoms with Crippen LogP contribution >= 0.6 is 0 Å². The minimum atomic E-state index is -0.560. The number of carbonyl (C=O) groups excluding carboxylic acids is 2. The van der Waals surface area contributed by atoms with Crippen molar-refractivity contribution in [3.05, 3.63) is 52.1 Å². The molecule has 118 valence electrons. The average molecular weight is 312 g/mol. The highest BCUT2D eigenvalue weighted by Gasteiger charge is 2.35. The fourth-order valence-electron chi connectivity index (χ4n) is 2.94. The summed E-state index contributed by atoms with van der Waals surface area (Å²) in [6, 6.07) is 5.84. The number of hydrogen-bond donors (Lipinski definition) is 2. The molecule has 0 unspecified atom stereocenters. The van der Waals surface area contributed by atoms with Gasteiger partial charge in [-0.1, -0.05) is 13.3 Å². The molecule has 0 amide bonds. The Morgan fingerprint density at radius 3 is 2.13 bits per heavy atom. The van der Waals surface area contributed by atoms with Crippen molar-refractivity contribution in [2.24, 2.45) is 0 Å². The molecule has 0 aliphatic heterocycles. The largest absolute Gasteiger partial charge is 0.507 e. The molecule has 1 aliphatic carbocycles. The molecule has 0 atom stereocenters. The van der Waals surface area contributed by atoms with Gasteiger partial charge >= 0.3 is 0 Å². The maximum absolute atomic E-state index is 12.8. The zero-order chi connectivity index (χ0) is 16.7. The van der Waals surface area contributed by atoms with Gasteiger partial charge in [0.2, 0.25) is 5.78 Å². The van der Waals surface area contributed by atoms with Crippen LogP contribution in [0.2, 0.25) is 0 Å². The van der Waals surface area contributed by atoms with Crippen molar-refractivity contribution in [1.82, 2.24) is 0 Å². The quantitative estimate of drug-likeness (QED) is 0.777.